The number of ether oxygens (including phenoxy) is 2. The quantitative estimate of drug-likeness (QED) is 0.740. The number of carbonyl (C=O) groups is 1. The Hall–Kier alpha value is -2.46. The van der Waals surface area contributed by atoms with Crippen molar-refractivity contribution >= 4 is 23.2 Å². The number of hydrogen-bond donors (Lipinski definition) is 1. The first-order valence-electron chi connectivity index (χ1n) is 7.50. The molecule has 24 heavy (non-hydrogen) atoms. The Labute approximate surface area is 147 Å². The van der Waals surface area contributed by atoms with Crippen LogP contribution in [0.2, 0.25) is 5.02 Å². The topological polar surface area (TPSA) is 47.6 Å². The van der Waals surface area contributed by atoms with Gasteiger partial charge in [-0.1, -0.05) is 30.3 Å². The molecule has 0 aliphatic carbocycles. The van der Waals surface area contributed by atoms with Gasteiger partial charge in [-0.05, 0) is 50.2 Å². The molecule has 0 aromatic heterocycles. The third-order valence-electron chi connectivity index (χ3n) is 3.19. The number of benzene rings is 2. The molecule has 0 saturated heterocycles. The predicted molar refractivity (Wildman–Crippen MR) is 96.9 cm³/mol. The van der Waals surface area contributed by atoms with E-state index in [1.807, 2.05) is 6.07 Å². The summed E-state index contributed by atoms with van der Waals surface area (Å²) in [5, 5.41) is 3.45. The lowest BCUT2D eigenvalue weighted by molar-refractivity contribution is -0.128. The highest BCUT2D eigenvalue weighted by atomic mass is 35.5. The van der Waals surface area contributed by atoms with Crippen LogP contribution >= 0.6 is 11.6 Å². The van der Waals surface area contributed by atoms with Crippen molar-refractivity contribution in [2.75, 3.05) is 11.9 Å². The second-order valence-electron chi connectivity index (χ2n) is 5.65. The highest BCUT2D eigenvalue weighted by molar-refractivity contribution is 6.30. The zero-order valence-electron chi connectivity index (χ0n) is 13.7. The lowest BCUT2D eigenvalue weighted by Gasteiger charge is -2.25. The molecule has 4 nitrogen and oxygen atoms in total. The maximum absolute atomic E-state index is 12.5. The van der Waals surface area contributed by atoms with E-state index >= 15 is 0 Å². The molecular formula is C19H20ClNO3. The summed E-state index contributed by atoms with van der Waals surface area (Å²) in [6.45, 7) is 7.42. The summed E-state index contributed by atoms with van der Waals surface area (Å²) in [5.41, 5.74) is -0.416. The molecule has 126 valence electrons. The average Bonchev–Trinajstić information content (AvgIpc) is 2.55. The molecule has 1 amide bonds. The Kier molecular flexibility index (Phi) is 5.88. The second kappa shape index (κ2) is 7.88. The zero-order valence-corrected chi connectivity index (χ0v) is 14.5. The molecule has 0 fully saturated rings. The number of hydrogen-bond acceptors (Lipinski definition) is 3. The molecule has 2 aromatic carbocycles. The van der Waals surface area contributed by atoms with Gasteiger partial charge in [-0.15, -0.1) is 0 Å². The van der Waals surface area contributed by atoms with Crippen LogP contribution in [0.5, 0.6) is 11.5 Å². The van der Waals surface area contributed by atoms with Crippen LogP contribution in [-0.2, 0) is 4.79 Å². The molecule has 0 radical (unpaired) electrons. The normalized spacial score (nSPS) is 10.8. The summed E-state index contributed by atoms with van der Waals surface area (Å²) >= 11 is 5.85. The second-order valence-corrected chi connectivity index (χ2v) is 6.08. The van der Waals surface area contributed by atoms with E-state index in [1.165, 1.54) is 0 Å². The molecule has 0 heterocycles. The molecule has 0 atom stereocenters. The van der Waals surface area contributed by atoms with Crippen molar-refractivity contribution in [3.63, 3.8) is 0 Å². The number of rotatable bonds is 7. The molecule has 0 unspecified atom stereocenters. The summed E-state index contributed by atoms with van der Waals surface area (Å²) in [4.78, 5) is 12.5. The molecule has 0 saturated carbocycles. The minimum absolute atomic E-state index is 0.265. The molecule has 0 aliphatic heterocycles. The standard InChI is InChI=1S/C19H20ClNO3/c1-4-12-23-17-7-5-6-15(13-17)21-18(22)19(2,3)24-16-10-8-14(20)9-11-16/h4-11,13H,1,12H2,2-3H3,(H,21,22). The van der Waals surface area contributed by atoms with Gasteiger partial charge < -0.3 is 14.8 Å². The van der Waals surface area contributed by atoms with Crippen molar-refractivity contribution in [2.24, 2.45) is 0 Å². The van der Waals surface area contributed by atoms with Gasteiger partial charge in [0.15, 0.2) is 5.60 Å². The number of nitrogens with one attached hydrogen (secondary N) is 1. The lowest BCUT2D eigenvalue weighted by atomic mass is 10.1. The van der Waals surface area contributed by atoms with Gasteiger partial charge in [0.2, 0.25) is 0 Å². The van der Waals surface area contributed by atoms with Crippen LogP contribution in [-0.4, -0.2) is 18.1 Å². The largest absolute Gasteiger partial charge is 0.489 e. The van der Waals surface area contributed by atoms with Gasteiger partial charge in [-0.25, -0.2) is 0 Å². The van der Waals surface area contributed by atoms with Gasteiger partial charge in [0.1, 0.15) is 18.1 Å². The van der Waals surface area contributed by atoms with E-state index in [4.69, 9.17) is 21.1 Å². The van der Waals surface area contributed by atoms with E-state index in [0.29, 0.717) is 28.8 Å². The third kappa shape index (κ3) is 5.03. The first kappa shape index (κ1) is 17.9. The minimum atomic E-state index is -1.05. The van der Waals surface area contributed by atoms with Crippen LogP contribution in [0, 0.1) is 0 Å². The molecule has 1 N–H and O–H groups in total. The fourth-order valence-corrected chi connectivity index (χ4v) is 2.07. The maximum atomic E-state index is 12.5. The van der Waals surface area contributed by atoms with Crippen LogP contribution in [0.4, 0.5) is 5.69 Å². The van der Waals surface area contributed by atoms with Crippen LogP contribution in [0.3, 0.4) is 0 Å². The zero-order chi connectivity index (χ0) is 17.6. The number of carbonyl (C=O) groups excluding carboxylic acids is 1. The Bertz CT molecular complexity index is 711. The van der Waals surface area contributed by atoms with E-state index < -0.39 is 5.60 Å². The first-order chi connectivity index (χ1) is 11.4. The van der Waals surface area contributed by atoms with Gasteiger partial charge >= 0.3 is 0 Å². The van der Waals surface area contributed by atoms with E-state index in [2.05, 4.69) is 11.9 Å². The Morgan fingerprint density at radius 2 is 1.92 bits per heavy atom. The highest BCUT2D eigenvalue weighted by Crippen LogP contribution is 2.23. The van der Waals surface area contributed by atoms with Crippen molar-refractivity contribution in [1.29, 1.82) is 0 Å². The Morgan fingerprint density at radius 1 is 1.21 bits per heavy atom. The minimum Gasteiger partial charge on any atom is -0.489 e. The van der Waals surface area contributed by atoms with Crippen LogP contribution in [0.15, 0.2) is 61.2 Å². The summed E-state index contributed by atoms with van der Waals surface area (Å²) in [6, 6.07) is 14.0. The Balaban J connectivity index is 2.04. The van der Waals surface area contributed by atoms with Gasteiger partial charge in [-0.2, -0.15) is 0 Å². The van der Waals surface area contributed by atoms with Crippen molar-refractivity contribution in [3.05, 3.63) is 66.2 Å². The van der Waals surface area contributed by atoms with E-state index in [9.17, 15) is 4.79 Å². The van der Waals surface area contributed by atoms with Crippen molar-refractivity contribution < 1.29 is 14.3 Å². The van der Waals surface area contributed by atoms with E-state index in [0.717, 1.165) is 0 Å². The molecule has 0 bridgehead atoms. The monoisotopic (exact) mass is 345 g/mol. The lowest BCUT2D eigenvalue weighted by Crippen LogP contribution is -2.42. The highest BCUT2D eigenvalue weighted by Gasteiger charge is 2.30. The molecule has 0 spiro atoms. The first-order valence-corrected chi connectivity index (χ1v) is 7.88. The van der Waals surface area contributed by atoms with Crippen LogP contribution in [0.1, 0.15) is 13.8 Å². The molecule has 2 aromatic rings. The van der Waals surface area contributed by atoms with Crippen molar-refractivity contribution in [2.45, 2.75) is 19.4 Å². The fraction of sp³-hybridized carbons (Fsp3) is 0.211. The number of amides is 1. The molecular weight excluding hydrogens is 326 g/mol. The molecule has 5 heteroatoms. The number of anilines is 1. The van der Waals surface area contributed by atoms with Crippen molar-refractivity contribution in [1.82, 2.24) is 0 Å². The summed E-state index contributed by atoms with van der Waals surface area (Å²) in [6.07, 6.45) is 1.66. The predicted octanol–water partition coefficient (Wildman–Crippen LogP) is 4.70. The maximum Gasteiger partial charge on any atom is 0.267 e. The van der Waals surface area contributed by atoms with Gasteiger partial charge in [-0.3, -0.25) is 4.79 Å². The Morgan fingerprint density at radius 3 is 2.58 bits per heavy atom. The van der Waals surface area contributed by atoms with Crippen LogP contribution in [0.25, 0.3) is 0 Å². The summed E-state index contributed by atoms with van der Waals surface area (Å²) in [7, 11) is 0. The van der Waals surface area contributed by atoms with Crippen LogP contribution < -0.4 is 14.8 Å². The fourth-order valence-electron chi connectivity index (χ4n) is 1.94. The van der Waals surface area contributed by atoms with Crippen molar-refractivity contribution in [3.8, 4) is 11.5 Å². The van der Waals surface area contributed by atoms with Gasteiger partial charge in [0.25, 0.3) is 5.91 Å². The van der Waals surface area contributed by atoms with Gasteiger partial charge in [0, 0.05) is 16.8 Å². The molecule has 0 aliphatic rings. The van der Waals surface area contributed by atoms with Gasteiger partial charge in [0.05, 0.1) is 0 Å². The van der Waals surface area contributed by atoms with E-state index in [1.54, 1.807) is 62.4 Å². The smallest absolute Gasteiger partial charge is 0.267 e. The summed E-state index contributed by atoms with van der Waals surface area (Å²) < 4.78 is 11.2. The van der Waals surface area contributed by atoms with E-state index in [-0.39, 0.29) is 5.91 Å². The average molecular weight is 346 g/mol. The summed E-state index contributed by atoms with van der Waals surface area (Å²) in [5.74, 6) is 0.963. The molecule has 2 rings (SSSR count). The SMILES string of the molecule is C=CCOc1cccc(NC(=O)C(C)(C)Oc2ccc(Cl)cc2)c1. The number of halogens is 1. The third-order valence-corrected chi connectivity index (χ3v) is 3.45.